The van der Waals surface area contributed by atoms with Crippen LogP contribution in [0.1, 0.15) is 30.8 Å². The van der Waals surface area contributed by atoms with Crippen molar-refractivity contribution in [2.45, 2.75) is 38.2 Å². The molecule has 0 spiro atoms. The van der Waals surface area contributed by atoms with Crippen LogP contribution >= 0.6 is 11.8 Å². The summed E-state index contributed by atoms with van der Waals surface area (Å²) < 4.78 is 3.63. The fourth-order valence-electron chi connectivity index (χ4n) is 2.53. The summed E-state index contributed by atoms with van der Waals surface area (Å²) in [4.78, 5) is 0. The fourth-order valence-corrected chi connectivity index (χ4v) is 3.42. The Balaban J connectivity index is 1.90. The lowest BCUT2D eigenvalue weighted by Crippen LogP contribution is -2.08. The maximum atomic E-state index is 9.53. The van der Waals surface area contributed by atoms with Gasteiger partial charge in [-0.3, -0.25) is 0 Å². The van der Waals surface area contributed by atoms with E-state index in [9.17, 15) is 5.26 Å². The number of nitrogens with zero attached hydrogens (tertiary/aromatic N) is 7. The first kappa shape index (κ1) is 17.2. The van der Waals surface area contributed by atoms with Gasteiger partial charge in [0.05, 0.1) is 22.6 Å². The molecule has 0 bridgehead atoms. The van der Waals surface area contributed by atoms with Crippen molar-refractivity contribution in [1.29, 1.82) is 5.26 Å². The lowest BCUT2D eigenvalue weighted by molar-refractivity contribution is 0.445. The highest BCUT2D eigenvalue weighted by molar-refractivity contribution is 7.98. The van der Waals surface area contributed by atoms with Crippen molar-refractivity contribution in [3.05, 3.63) is 47.3 Å². The summed E-state index contributed by atoms with van der Waals surface area (Å²) in [6, 6.07) is 12.1. The molecule has 1 aromatic carbocycles. The van der Waals surface area contributed by atoms with Gasteiger partial charge < -0.3 is 0 Å². The number of aryl methyl sites for hydroxylation is 1. The molecule has 0 saturated carbocycles. The van der Waals surface area contributed by atoms with Crippen molar-refractivity contribution < 1.29 is 0 Å². The van der Waals surface area contributed by atoms with E-state index < -0.39 is 0 Å². The van der Waals surface area contributed by atoms with Crippen LogP contribution in [0.5, 0.6) is 0 Å². The van der Waals surface area contributed by atoms with Crippen LogP contribution in [0.25, 0.3) is 5.69 Å². The Morgan fingerprint density at radius 1 is 1.24 bits per heavy atom. The SMILES string of the molecule is Cc1nn(-c2ccccc2)c(CSc2nnnn2CC(C)C)c1C#N. The molecule has 0 amide bonds. The average molecular weight is 353 g/mol. The topological polar surface area (TPSA) is 85.2 Å². The summed E-state index contributed by atoms with van der Waals surface area (Å²) in [7, 11) is 0. The third-order valence-corrected chi connectivity index (χ3v) is 4.61. The van der Waals surface area contributed by atoms with E-state index in [1.807, 2.05) is 41.9 Å². The third kappa shape index (κ3) is 3.72. The number of para-hydroxylation sites is 1. The van der Waals surface area contributed by atoms with Crippen LogP contribution in [0, 0.1) is 24.2 Å². The van der Waals surface area contributed by atoms with Gasteiger partial charge in [0, 0.05) is 12.3 Å². The van der Waals surface area contributed by atoms with Gasteiger partial charge in [0.25, 0.3) is 0 Å². The van der Waals surface area contributed by atoms with Gasteiger partial charge in [-0.25, -0.2) is 9.36 Å². The Labute approximate surface area is 150 Å². The first-order valence-electron chi connectivity index (χ1n) is 8.03. The van der Waals surface area contributed by atoms with Crippen molar-refractivity contribution in [2.75, 3.05) is 0 Å². The van der Waals surface area contributed by atoms with E-state index in [0.29, 0.717) is 17.2 Å². The van der Waals surface area contributed by atoms with Crippen molar-refractivity contribution >= 4 is 11.8 Å². The molecule has 2 aromatic heterocycles. The molecule has 0 radical (unpaired) electrons. The van der Waals surface area contributed by atoms with Crippen LogP contribution in [-0.4, -0.2) is 30.0 Å². The first-order chi connectivity index (χ1) is 12.1. The van der Waals surface area contributed by atoms with Gasteiger partial charge in [0.15, 0.2) is 0 Å². The molecule has 0 aliphatic rings. The predicted molar refractivity (Wildman–Crippen MR) is 95.2 cm³/mol. The van der Waals surface area contributed by atoms with E-state index >= 15 is 0 Å². The van der Waals surface area contributed by atoms with Gasteiger partial charge in [-0.2, -0.15) is 10.4 Å². The van der Waals surface area contributed by atoms with E-state index in [4.69, 9.17) is 0 Å². The second kappa shape index (κ2) is 7.49. The third-order valence-electron chi connectivity index (χ3n) is 3.64. The lowest BCUT2D eigenvalue weighted by atomic mass is 10.2. The first-order valence-corrected chi connectivity index (χ1v) is 9.01. The summed E-state index contributed by atoms with van der Waals surface area (Å²) in [5, 5.41) is 26.7. The van der Waals surface area contributed by atoms with Gasteiger partial charge in [-0.05, 0) is 35.4 Å². The molecule has 7 nitrogen and oxygen atoms in total. The minimum atomic E-state index is 0.453. The zero-order valence-corrected chi connectivity index (χ0v) is 15.2. The number of tetrazole rings is 1. The Hall–Kier alpha value is -2.66. The zero-order chi connectivity index (χ0) is 17.8. The maximum absolute atomic E-state index is 9.53. The quantitative estimate of drug-likeness (QED) is 0.633. The molecular formula is C17H19N7S. The molecular weight excluding hydrogens is 334 g/mol. The number of hydrogen-bond acceptors (Lipinski definition) is 6. The standard InChI is InChI=1S/C17H19N7S/c1-12(2)10-23-17(19-21-22-23)25-11-16-15(9-18)13(3)20-24(16)14-7-5-4-6-8-14/h4-8,12H,10-11H2,1-3H3. The summed E-state index contributed by atoms with van der Waals surface area (Å²) >= 11 is 1.52. The Kier molecular flexibility index (Phi) is 5.14. The van der Waals surface area contributed by atoms with Crippen LogP contribution in [0.3, 0.4) is 0 Å². The Morgan fingerprint density at radius 3 is 2.68 bits per heavy atom. The molecule has 3 rings (SSSR count). The summed E-state index contributed by atoms with van der Waals surface area (Å²) in [6.07, 6.45) is 0. The van der Waals surface area contributed by atoms with E-state index in [1.54, 1.807) is 4.68 Å². The molecule has 0 atom stereocenters. The monoisotopic (exact) mass is 353 g/mol. The molecule has 128 valence electrons. The number of benzene rings is 1. The number of nitriles is 1. The van der Waals surface area contributed by atoms with Crippen LogP contribution in [0.2, 0.25) is 0 Å². The molecule has 2 heterocycles. The van der Waals surface area contributed by atoms with Crippen LogP contribution in [0.15, 0.2) is 35.5 Å². The summed E-state index contributed by atoms with van der Waals surface area (Å²) in [5.41, 5.74) is 3.13. The normalized spacial score (nSPS) is 11.0. The van der Waals surface area contributed by atoms with Gasteiger partial charge in [-0.15, -0.1) is 5.10 Å². The molecule has 0 fully saturated rings. The second-order valence-corrected chi connectivity index (χ2v) is 7.03. The molecule has 0 saturated heterocycles. The largest absolute Gasteiger partial charge is 0.235 e. The number of thioether (sulfide) groups is 1. The van der Waals surface area contributed by atoms with Crippen LogP contribution in [0.4, 0.5) is 0 Å². The highest BCUT2D eigenvalue weighted by Crippen LogP contribution is 2.26. The highest BCUT2D eigenvalue weighted by Gasteiger charge is 2.18. The molecule has 0 aliphatic carbocycles. The second-order valence-electron chi connectivity index (χ2n) is 6.09. The van der Waals surface area contributed by atoms with Crippen molar-refractivity contribution in [3.63, 3.8) is 0 Å². The minimum absolute atomic E-state index is 0.453. The van der Waals surface area contributed by atoms with Crippen LogP contribution in [-0.2, 0) is 12.3 Å². The molecule has 0 aliphatic heterocycles. The molecule has 25 heavy (non-hydrogen) atoms. The number of rotatable bonds is 6. The molecule has 0 unspecified atom stereocenters. The molecule has 8 heteroatoms. The van der Waals surface area contributed by atoms with Crippen molar-refractivity contribution in [2.24, 2.45) is 5.92 Å². The molecule has 0 N–H and O–H groups in total. The minimum Gasteiger partial charge on any atom is -0.235 e. The summed E-state index contributed by atoms with van der Waals surface area (Å²) in [6.45, 7) is 6.86. The van der Waals surface area contributed by atoms with E-state index in [0.717, 1.165) is 28.8 Å². The average Bonchev–Trinajstić information content (AvgIpc) is 3.16. The fraction of sp³-hybridized carbons (Fsp3) is 0.353. The number of hydrogen-bond donors (Lipinski definition) is 0. The Bertz CT molecular complexity index is 890. The van der Waals surface area contributed by atoms with Gasteiger partial charge in [-0.1, -0.05) is 43.8 Å². The molecule has 3 aromatic rings. The lowest BCUT2D eigenvalue weighted by Gasteiger charge is -2.09. The summed E-state index contributed by atoms with van der Waals surface area (Å²) in [5.74, 6) is 1.02. The smallest absolute Gasteiger partial charge is 0.209 e. The highest BCUT2D eigenvalue weighted by atomic mass is 32.2. The van der Waals surface area contributed by atoms with Crippen molar-refractivity contribution in [3.8, 4) is 11.8 Å². The van der Waals surface area contributed by atoms with Gasteiger partial charge >= 0.3 is 0 Å². The van der Waals surface area contributed by atoms with Crippen molar-refractivity contribution in [1.82, 2.24) is 30.0 Å². The van der Waals surface area contributed by atoms with E-state index in [1.165, 1.54) is 11.8 Å². The number of aromatic nitrogens is 6. The predicted octanol–water partition coefficient (Wildman–Crippen LogP) is 2.99. The zero-order valence-electron chi connectivity index (χ0n) is 14.4. The van der Waals surface area contributed by atoms with Gasteiger partial charge in [0.2, 0.25) is 5.16 Å². The van der Waals surface area contributed by atoms with E-state index in [-0.39, 0.29) is 0 Å². The van der Waals surface area contributed by atoms with Gasteiger partial charge in [0.1, 0.15) is 6.07 Å². The van der Waals surface area contributed by atoms with Crippen LogP contribution < -0.4 is 0 Å². The Morgan fingerprint density at radius 2 is 2.00 bits per heavy atom. The van der Waals surface area contributed by atoms with E-state index in [2.05, 4.69) is 40.5 Å². The maximum Gasteiger partial charge on any atom is 0.209 e.